The molecule has 0 bridgehead atoms. The molecule has 3 heterocycles. The molecule has 0 aliphatic carbocycles. The van der Waals surface area contributed by atoms with Gasteiger partial charge < -0.3 is 9.42 Å². The quantitative estimate of drug-likeness (QED) is 0.643. The van der Waals surface area contributed by atoms with Crippen molar-refractivity contribution in [3.05, 3.63) is 41.0 Å². The minimum Gasteiger partial charge on any atom is -0.343 e. The summed E-state index contributed by atoms with van der Waals surface area (Å²) in [6, 6.07) is 8.29. The summed E-state index contributed by atoms with van der Waals surface area (Å²) in [6.07, 6.45) is 4.72. The molecule has 1 amide bonds. The Balaban J connectivity index is 1.25. The van der Waals surface area contributed by atoms with E-state index in [4.69, 9.17) is 9.51 Å². The van der Waals surface area contributed by atoms with E-state index in [1.54, 1.807) is 11.3 Å². The number of aryl methyl sites for hydroxylation is 2. The molecule has 0 saturated carbocycles. The van der Waals surface area contributed by atoms with E-state index < -0.39 is 0 Å². The number of hydrogen-bond donors (Lipinski definition) is 0. The van der Waals surface area contributed by atoms with Crippen molar-refractivity contribution in [2.24, 2.45) is 0 Å². The van der Waals surface area contributed by atoms with Crippen LogP contribution in [0.3, 0.4) is 0 Å². The van der Waals surface area contributed by atoms with Gasteiger partial charge in [0.05, 0.1) is 15.2 Å². The van der Waals surface area contributed by atoms with Gasteiger partial charge in [-0.3, -0.25) is 4.79 Å². The predicted molar refractivity (Wildman–Crippen MR) is 105 cm³/mol. The Kier molecular flexibility index (Phi) is 5.48. The molecule has 1 fully saturated rings. The molecule has 1 saturated heterocycles. The molecular weight excluding hydrogens is 360 g/mol. The summed E-state index contributed by atoms with van der Waals surface area (Å²) >= 11 is 1.79. The lowest BCUT2D eigenvalue weighted by Crippen LogP contribution is -2.37. The topological polar surface area (TPSA) is 72.1 Å². The number of aromatic nitrogens is 3. The molecule has 0 unspecified atom stereocenters. The van der Waals surface area contributed by atoms with E-state index in [0.717, 1.165) is 50.1 Å². The third kappa shape index (κ3) is 4.18. The van der Waals surface area contributed by atoms with Crippen LogP contribution >= 0.6 is 11.3 Å². The lowest BCUT2D eigenvalue weighted by molar-refractivity contribution is -0.132. The number of hydrogen-bond acceptors (Lipinski definition) is 6. The summed E-state index contributed by atoms with van der Waals surface area (Å²) in [5, 5.41) is 5.10. The van der Waals surface area contributed by atoms with Gasteiger partial charge in [0.25, 0.3) is 0 Å². The first-order valence-electron chi connectivity index (χ1n) is 9.67. The summed E-state index contributed by atoms with van der Waals surface area (Å²) in [7, 11) is 0. The van der Waals surface area contributed by atoms with Crippen molar-refractivity contribution in [2.45, 2.75) is 51.4 Å². The van der Waals surface area contributed by atoms with Crippen LogP contribution < -0.4 is 0 Å². The lowest BCUT2D eigenvalue weighted by Gasteiger charge is -2.31. The Morgan fingerprint density at radius 1 is 1.26 bits per heavy atom. The number of fused-ring (bicyclic) bond motifs is 1. The number of benzene rings is 1. The molecule has 27 heavy (non-hydrogen) atoms. The van der Waals surface area contributed by atoms with Crippen molar-refractivity contribution >= 4 is 27.5 Å². The number of thiazole rings is 1. The molecule has 6 nitrogen and oxygen atoms in total. The highest BCUT2D eigenvalue weighted by atomic mass is 32.1. The largest absolute Gasteiger partial charge is 0.343 e. The normalized spacial score (nSPS) is 15.5. The Bertz CT molecular complexity index is 878. The molecule has 7 heteroatoms. The first-order chi connectivity index (χ1) is 13.2. The van der Waals surface area contributed by atoms with E-state index in [-0.39, 0.29) is 5.91 Å². The summed E-state index contributed by atoms with van der Waals surface area (Å²) in [4.78, 5) is 23.6. The zero-order chi connectivity index (χ0) is 18.6. The van der Waals surface area contributed by atoms with E-state index in [1.807, 2.05) is 17.9 Å². The third-order valence-corrected chi connectivity index (χ3v) is 6.31. The van der Waals surface area contributed by atoms with Crippen LogP contribution in [0.4, 0.5) is 0 Å². The van der Waals surface area contributed by atoms with Crippen molar-refractivity contribution in [1.82, 2.24) is 20.0 Å². The Morgan fingerprint density at radius 2 is 2.07 bits per heavy atom. The summed E-state index contributed by atoms with van der Waals surface area (Å²) < 4.78 is 6.43. The van der Waals surface area contributed by atoms with Crippen LogP contribution in [0, 0.1) is 0 Å². The van der Waals surface area contributed by atoms with Gasteiger partial charge in [0.1, 0.15) is 0 Å². The van der Waals surface area contributed by atoms with Crippen molar-refractivity contribution < 1.29 is 9.32 Å². The molecule has 0 radical (unpaired) electrons. The monoisotopic (exact) mass is 384 g/mol. The van der Waals surface area contributed by atoms with Gasteiger partial charge in [0.15, 0.2) is 5.82 Å². The minimum atomic E-state index is 0.230. The number of carbonyl (C=O) groups excluding carboxylic acids is 1. The van der Waals surface area contributed by atoms with Crippen LogP contribution in [0.15, 0.2) is 28.8 Å². The molecule has 1 aliphatic rings. The smallest absolute Gasteiger partial charge is 0.226 e. The lowest BCUT2D eigenvalue weighted by atomic mass is 9.97. The number of carbonyl (C=O) groups is 1. The Morgan fingerprint density at radius 3 is 2.81 bits per heavy atom. The highest BCUT2D eigenvalue weighted by Crippen LogP contribution is 2.33. The maximum absolute atomic E-state index is 12.5. The van der Waals surface area contributed by atoms with Crippen LogP contribution in [0.1, 0.15) is 55.2 Å². The van der Waals surface area contributed by atoms with Crippen molar-refractivity contribution in [3.63, 3.8) is 0 Å². The molecule has 142 valence electrons. The van der Waals surface area contributed by atoms with Crippen LogP contribution in [0.25, 0.3) is 10.2 Å². The predicted octanol–water partition coefficient (Wildman–Crippen LogP) is 3.97. The average molecular weight is 385 g/mol. The van der Waals surface area contributed by atoms with E-state index in [1.165, 1.54) is 9.71 Å². The standard InChI is InChI=1S/C20H24N4O2S/c1-2-17-22-18(26-23-17)8-5-9-19(25)24-12-10-14(11-13-24)20-21-15-6-3-4-7-16(15)27-20/h3-4,6-7,14H,2,5,8-13H2,1H3. The maximum Gasteiger partial charge on any atom is 0.226 e. The Labute approximate surface area is 162 Å². The van der Waals surface area contributed by atoms with E-state index in [0.29, 0.717) is 24.7 Å². The van der Waals surface area contributed by atoms with E-state index in [2.05, 4.69) is 28.3 Å². The van der Waals surface area contributed by atoms with Gasteiger partial charge in [-0.1, -0.05) is 24.2 Å². The van der Waals surface area contributed by atoms with Crippen molar-refractivity contribution in [1.29, 1.82) is 0 Å². The zero-order valence-corrected chi connectivity index (χ0v) is 16.4. The fourth-order valence-corrected chi connectivity index (χ4v) is 4.66. The number of amides is 1. The molecule has 3 aromatic rings. The van der Waals surface area contributed by atoms with Gasteiger partial charge in [0.2, 0.25) is 11.8 Å². The van der Waals surface area contributed by atoms with Crippen LogP contribution in [-0.2, 0) is 17.6 Å². The molecular formula is C20H24N4O2S. The number of piperidine rings is 1. The third-order valence-electron chi connectivity index (χ3n) is 5.11. The van der Waals surface area contributed by atoms with Gasteiger partial charge in [-0.2, -0.15) is 4.98 Å². The Hall–Kier alpha value is -2.28. The van der Waals surface area contributed by atoms with Gasteiger partial charge in [0, 0.05) is 38.3 Å². The molecule has 0 N–H and O–H groups in total. The van der Waals surface area contributed by atoms with Gasteiger partial charge in [-0.15, -0.1) is 11.3 Å². The highest BCUT2D eigenvalue weighted by molar-refractivity contribution is 7.18. The molecule has 2 aromatic heterocycles. The second-order valence-electron chi connectivity index (χ2n) is 6.99. The molecule has 1 aliphatic heterocycles. The molecule has 4 rings (SSSR count). The highest BCUT2D eigenvalue weighted by Gasteiger charge is 2.25. The molecule has 0 spiro atoms. The average Bonchev–Trinajstić information content (AvgIpc) is 3.34. The summed E-state index contributed by atoms with van der Waals surface area (Å²) in [6.45, 7) is 3.63. The maximum atomic E-state index is 12.5. The minimum absolute atomic E-state index is 0.230. The van der Waals surface area contributed by atoms with E-state index in [9.17, 15) is 4.79 Å². The number of likely N-dealkylation sites (tertiary alicyclic amines) is 1. The second-order valence-corrected chi connectivity index (χ2v) is 8.05. The number of nitrogens with zero attached hydrogens (tertiary/aromatic N) is 4. The van der Waals surface area contributed by atoms with E-state index >= 15 is 0 Å². The van der Waals surface area contributed by atoms with Crippen molar-refractivity contribution in [3.8, 4) is 0 Å². The summed E-state index contributed by atoms with van der Waals surface area (Å²) in [5.41, 5.74) is 1.09. The van der Waals surface area contributed by atoms with Crippen LogP contribution in [0.5, 0.6) is 0 Å². The van der Waals surface area contributed by atoms with Crippen LogP contribution in [0.2, 0.25) is 0 Å². The van der Waals surface area contributed by atoms with Crippen molar-refractivity contribution in [2.75, 3.05) is 13.1 Å². The SMILES string of the molecule is CCc1noc(CCCC(=O)N2CCC(c3nc4ccccc4s3)CC2)n1. The molecule has 0 atom stereocenters. The second kappa shape index (κ2) is 8.17. The number of rotatable bonds is 6. The first-order valence-corrected chi connectivity index (χ1v) is 10.5. The number of para-hydroxylation sites is 1. The van der Waals surface area contributed by atoms with Crippen LogP contribution in [-0.4, -0.2) is 39.0 Å². The van der Waals surface area contributed by atoms with Gasteiger partial charge in [-0.25, -0.2) is 4.98 Å². The summed E-state index contributed by atoms with van der Waals surface area (Å²) in [5.74, 6) is 2.06. The fourth-order valence-electron chi connectivity index (χ4n) is 3.52. The van der Waals surface area contributed by atoms with Gasteiger partial charge in [-0.05, 0) is 31.4 Å². The first kappa shape index (κ1) is 18.1. The van der Waals surface area contributed by atoms with Gasteiger partial charge >= 0.3 is 0 Å². The molecule has 1 aromatic carbocycles. The zero-order valence-electron chi connectivity index (χ0n) is 15.6. The fraction of sp³-hybridized carbons (Fsp3) is 0.500.